The number of Topliss-reactive ketones (excluding diaryl/α,β-unsaturated/α-hetero) is 1. The van der Waals surface area contributed by atoms with Gasteiger partial charge in [0.2, 0.25) is 5.78 Å². The summed E-state index contributed by atoms with van der Waals surface area (Å²) >= 11 is 0. The number of rotatable bonds is 14. The summed E-state index contributed by atoms with van der Waals surface area (Å²) < 4.78 is 56.3. The Hall–Kier alpha value is -3.90. The van der Waals surface area contributed by atoms with Crippen LogP contribution >= 0.6 is 0 Å². The standard InChI is InChI=1S/C42H53F2NO9/c1-5-7-9-17-51-37(49)34(45)18-25-11-13-28(14-12-25)53-38(50)52-24-36(48)42-26(19-29(54-42)10-8-6-2)20-30-31-22-33(43)32-21-27(46)15-16-39(32,3)41(31,44)35(47)23-40(30,42)4/h11-16,19,21,26,30-31,33-35,47H,5-10,17-18,20,22-24,45H2,1-4H3. The molecule has 10 nitrogen and oxygen atoms in total. The molecular formula is C42H53F2NO9. The number of ketones is 2. The quantitative estimate of drug-likeness (QED) is 0.118. The first-order valence-electron chi connectivity index (χ1n) is 19.4. The molecule has 0 aromatic heterocycles. The van der Waals surface area contributed by atoms with Gasteiger partial charge < -0.3 is 29.8 Å². The van der Waals surface area contributed by atoms with Gasteiger partial charge in [0.25, 0.3) is 0 Å². The fourth-order valence-electron chi connectivity index (χ4n) is 10.2. The van der Waals surface area contributed by atoms with Crippen molar-refractivity contribution in [2.75, 3.05) is 13.2 Å². The van der Waals surface area contributed by atoms with E-state index in [0.29, 0.717) is 25.2 Å². The molecule has 3 fully saturated rings. The zero-order valence-electron chi connectivity index (χ0n) is 31.6. The number of allylic oxidation sites excluding steroid dienone is 5. The van der Waals surface area contributed by atoms with Gasteiger partial charge in [-0.1, -0.05) is 58.2 Å². The first-order valence-corrected chi connectivity index (χ1v) is 19.4. The molecule has 3 saturated carbocycles. The van der Waals surface area contributed by atoms with Gasteiger partial charge in [-0.25, -0.2) is 13.6 Å². The Bertz CT molecular complexity index is 1730. The van der Waals surface area contributed by atoms with Crippen molar-refractivity contribution in [3.63, 3.8) is 0 Å². The zero-order valence-corrected chi connectivity index (χ0v) is 31.6. The van der Waals surface area contributed by atoms with E-state index >= 15 is 8.78 Å². The van der Waals surface area contributed by atoms with Crippen molar-refractivity contribution >= 4 is 23.7 Å². The molecule has 0 bridgehead atoms. The Morgan fingerprint density at radius 3 is 2.46 bits per heavy atom. The predicted molar refractivity (Wildman–Crippen MR) is 195 cm³/mol. The van der Waals surface area contributed by atoms with Gasteiger partial charge in [0.15, 0.2) is 23.7 Å². The van der Waals surface area contributed by atoms with Gasteiger partial charge in [-0.05, 0) is 92.9 Å². The Labute approximate surface area is 315 Å². The highest BCUT2D eigenvalue weighted by molar-refractivity contribution is 6.01. The summed E-state index contributed by atoms with van der Waals surface area (Å²) in [5, 5.41) is 11.8. The van der Waals surface area contributed by atoms with E-state index in [4.69, 9.17) is 24.7 Å². The summed E-state index contributed by atoms with van der Waals surface area (Å²) in [6, 6.07) is 5.51. The summed E-state index contributed by atoms with van der Waals surface area (Å²) in [5.41, 5.74) is 0.156. The van der Waals surface area contributed by atoms with Crippen molar-refractivity contribution in [2.45, 2.75) is 121 Å². The molecule has 0 radical (unpaired) electrons. The van der Waals surface area contributed by atoms with Crippen LogP contribution in [-0.4, -0.2) is 71.6 Å². The van der Waals surface area contributed by atoms with Crippen LogP contribution in [0.4, 0.5) is 13.6 Å². The SMILES string of the molecule is CCCCCOC(=O)C(N)Cc1ccc(OC(=O)OCC(=O)C23OC(CCCC)=CC2CC2C4CC(F)C5=CC(=O)C=CC5(C)C4(F)C(O)CC23C)cc1. The number of benzene rings is 1. The number of carbonyl (C=O) groups excluding carboxylic acids is 4. The van der Waals surface area contributed by atoms with E-state index in [9.17, 15) is 24.3 Å². The molecule has 0 spiro atoms. The highest BCUT2D eigenvalue weighted by Crippen LogP contribution is 2.73. The molecule has 0 amide bonds. The molecule has 6 rings (SSSR count). The van der Waals surface area contributed by atoms with E-state index < -0.39 is 88.5 Å². The molecule has 1 aromatic carbocycles. The number of aliphatic hydroxyl groups excluding tert-OH is 1. The van der Waals surface area contributed by atoms with Crippen LogP contribution in [0.15, 0.2) is 59.9 Å². The number of unbranched alkanes of at least 4 members (excludes halogenated alkanes) is 3. The van der Waals surface area contributed by atoms with Gasteiger partial charge in [-0.2, -0.15) is 0 Å². The second-order valence-corrected chi connectivity index (χ2v) is 16.2. The van der Waals surface area contributed by atoms with Crippen LogP contribution < -0.4 is 10.5 Å². The maximum Gasteiger partial charge on any atom is 0.514 e. The zero-order chi connectivity index (χ0) is 39.1. The third kappa shape index (κ3) is 6.61. The molecule has 0 saturated heterocycles. The number of halogens is 2. The van der Waals surface area contributed by atoms with Crippen molar-refractivity contribution < 1.29 is 52.0 Å². The third-order valence-corrected chi connectivity index (χ3v) is 13.0. The average molecular weight is 754 g/mol. The lowest BCUT2D eigenvalue weighted by atomic mass is 9.44. The largest absolute Gasteiger partial charge is 0.514 e. The smallest absolute Gasteiger partial charge is 0.483 e. The van der Waals surface area contributed by atoms with E-state index in [0.717, 1.165) is 43.7 Å². The van der Waals surface area contributed by atoms with Crippen LogP contribution in [0, 0.1) is 28.6 Å². The van der Waals surface area contributed by atoms with Gasteiger partial charge in [0.1, 0.15) is 18.0 Å². The van der Waals surface area contributed by atoms with Crippen LogP contribution in [0.1, 0.15) is 91.0 Å². The van der Waals surface area contributed by atoms with E-state index in [1.165, 1.54) is 31.2 Å². The lowest BCUT2D eigenvalue weighted by molar-refractivity contribution is -0.224. The number of carbonyl (C=O) groups is 4. The Morgan fingerprint density at radius 1 is 1.04 bits per heavy atom. The molecular weight excluding hydrogens is 700 g/mol. The van der Waals surface area contributed by atoms with E-state index in [-0.39, 0.29) is 30.6 Å². The van der Waals surface area contributed by atoms with Crippen LogP contribution in [0.3, 0.4) is 0 Å². The van der Waals surface area contributed by atoms with Crippen molar-refractivity contribution in [1.82, 2.24) is 0 Å². The number of alkyl halides is 2. The summed E-state index contributed by atoms with van der Waals surface area (Å²) in [6.07, 6.45) is 6.44. The first kappa shape index (κ1) is 39.8. The lowest BCUT2D eigenvalue weighted by Crippen LogP contribution is -2.70. The van der Waals surface area contributed by atoms with Crippen LogP contribution in [-0.2, 0) is 35.0 Å². The Kier molecular flexibility index (Phi) is 11.3. The van der Waals surface area contributed by atoms with Crippen molar-refractivity contribution in [1.29, 1.82) is 0 Å². The molecule has 3 N–H and O–H groups in total. The van der Waals surface area contributed by atoms with Crippen molar-refractivity contribution in [3.05, 3.63) is 65.5 Å². The Balaban J connectivity index is 1.16. The highest BCUT2D eigenvalue weighted by atomic mass is 19.1. The first-order chi connectivity index (χ1) is 25.6. The normalized spacial score (nSPS) is 35.3. The molecule has 10 atom stereocenters. The number of hydrogen-bond acceptors (Lipinski definition) is 10. The van der Waals surface area contributed by atoms with Crippen molar-refractivity contribution in [3.8, 4) is 5.75 Å². The molecule has 4 aliphatic carbocycles. The van der Waals surface area contributed by atoms with Crippen LogP contribution in [0.5, 0.6) is 5.75 Å². The monoisotopic (exact) mass is 753 g/mol. The third-order valence-electron chi connectivity index (χ3n) is 13.0. The van der Waals surface area contributed by atoms with Gasteiger partial charge in [-0.15, -0.1) is 0 Å². The molecule has 294 valence electrons. The molecule has 10 unspecified atom stereocenters. The summed E-state index contributed by atoms with van der Waals surface area (Å²) in [4.78, 5) is 51.8. The lowest BCUT2D eigenvalue weighted by Gasteiger charge is -2.63. The molecule has 54 heavy (non-hydrogen) atoms. The number of aliphatic hydroxyl groups is 1. The highest BCUT2D eigenvalue weighted by Gasteiger charge is 2.79. The number of fused-ring (bicyclic) bond motifs is 7. The summed E-state index contributed by atoms with van der Waals surface area (Å²) in [7, 11) is 0. The fraction of sp³-hybridized carbons (Fsp3) is 0.619. The molecule has 12 heteroatoms. The molecule has 1 heterocycles. The van der Waals surface area contributed by atoms with Gasteiger partial charge >= 0.3 is 12.1 Å². The van der Waals surface area contributed by atoms with E-state index in [2.05, 4.69) is 6.92 Å². The fourth-order valence-corrected chi connectivity index (χ4v) is 10.2. The van der Waals surface area contributed by atoms with Crippen molar-refractivity contribution in [2.24, 2.45) is 34.3 Å². The van der Waals surface area contributed by atoms with Crippen LogP contribution in [0.2, 0.25) is 0 Å². The predicted octanol–water partition coefficient (Wildman–Crippen LogP) is 6.76. The number of hydrogen-bond donors (Lipinski definition) is 2. The van der Waals surface area contributed by atoms with Gasteiger partial charge in [0.05, 0.1) is 18.5 Å². The van der Waals surface area contributed by atoms with Crippen LogP contribution in [0.25, 0.3) is 0 Å². The molecule has 1 aromatic rings. The second-order valence-electron chi connectivity index (χ2n) is 16.2. The number of ether oxygens (including phenoxy) is 4. The topological polar surface area (TPSA) is 151 Å². The van der Waals surface area contributed by atoms with E-state index in [1.807, 2.05) is 13.0 Å². The minimum Gasteiger partial charge on any atom is -0.483 e. The van der Waals surface area contributed by atoms with E-state index in [1.54, 1.807) is 19.1 Å². The maximum atomic E-state index is 17.8. The molecule has 5 aliphatic rings. The number of esters is 1. The van der Waals surface area contributed by atoms with Gasteiger partial charge in [0, 0.05) is 29.1 Å². The molecule has 1 aliphatic heterocycles. The number of nitrogens with two attached hydrogens (primary N) is 1. The van der Waals surface area contributed by atoms with Gasteiger partial charge in [-0.3, -0.25) is 14.4 Å². The second kappa shape index (κ2) is 15.3. The summed E-state index contributed by atoms with van der Waals surface area (Å²) in [6.45, 7) is 7.05. The average Bonchev–Trinajstić information content (AvgIpc) is 3.63. The Morgan fingerprint density at radius 2 is 1.76 bits per heavy atom. The minimum atomic E-state index is -2.31. The summed E-state index contributed by atoms with van der Waals surface area (Å²) in [5.74, 6) is -2.80. The maximum absolute atomic E-state index is 17.8. The minimum absolute atomic E-state index is 0.0291.